The molecule has 2 heterocycles. The van der Waals surface area contributed by atoms with Crippen LogP contribution in [0.5, 0.6) is 0 Å². The third-order valence-corrected chi connectivity index (χ3v) is 3.93. The van der Waals surface area contributed by atoms with E-state index in [1.165, 1.54) is 18.5 Å². The van der Waals surface area contributed by atoms with E-state index in [-0.39, 0.29) is 5.54 Å². The number of rotatable bonds is 3. The SMILES string of the molecule is C1CCOC1.CC(C)c1cccc(C(C)(C)N(C)C)n1. The molecule has 3 nitrogen and oxygen atoms in total. The number of aromatic nitrogens is 1. The highest BCUT2D eigenvalue weighted by Crippen LogP contribution is 2.24. The van der Waals surface area contributed by atoms with Gasteiger partial charge in [-0.05, 0) is 58.8 Å². The van der Waals surface area contributed by atoms with Gasteiger partial charge in [0.2, 0.25) is 0 Å². The van der Waals surface area contributed by atoms with Crippen LogP contribution in [0.3, 0.4) is 0 Å². The molecule has 0 unspecified atom stereocenters. The second-order valence-electron chi connectivity index (χ2n) is 6.38. The highest BCUT2D eigenvalue weighted by atomic mass is 16.5. The summed E-state index contributed by atoms with van der Waals surface area (Å²) in [6.07, 6.45) is 2.56. The Hall–Kier alpha value is -0.930. The van der Waals surface area contributed by atoms with Gasteiger partial charge in [0.25, 0.3) is 0 Å². The molecule has 0 atom stereocenters. The molecule has 114 valence electrons. The summed E-state index contributed by atoms with van der Waals surface area (Å²) in [6, 6.07) is 6.30. The van der Waals surface area contributed by atoms with Gasteiger partial charge < -0.3 is 4.74 Å². The van der Waals surface area contributed by atoms with Crippen molar-refractivity contribution >= 4 is 0 Å². The summed E-state index contributed by atoms with van der Waals surface area (Å²) in [4.78, 5) is 6.92. The molecule has 1 aliphatic rings. The van der Waals surface area contributed by atoms with Crippen molar-refractivity contribution < 1.29 is 4.74 Å². The molecule has 2 rings (SSSR count). The van der Waals surface area contributed by atoms with Crippen LogP contribution in [0.25, 0.3) is 0 Å². The lowest BCUT2D eigenvalue weighted by atomic mass is 9.97. The van der Waals surface area contributed by atoms with Crippen LogP contribution in [0.1, 0.15) is 57.8 Å². The molecule has 1 aliphatic heterocycles. The number of pyridine rings is 1. The Morgan fingerprint density at radius 1 is 1.15 bits per heavy atom. The van der Waals surface area contributed by atoms with Crippen LogP contribution in [0.15, 0.2) is 18.2 Å². The van der Waals surface area contributed by atoms with Crippen LogP contribution in [-0.4, -0.2) is 37.2 Å². The van der Waals surface area contributed by atoms with Crippen molar-refractivity contribution in [2.24, 2.45) is 0 Å². The van der Waals surface area contributed by atoms with Crippen LogP contribution in [0.2, 0.25) is 0 Å². The van der Waals surface area contributed by atoms with Crippen molar-refractivity contribution in [3.8, 4) is 0 Å². The molecule has 0 aromatic carbocycles. The molecular weight excluding hydrogens is 248 g/mol. The minimum Gasteiger partial charge on any atom is -0.381 e. The quantitative estimate of drug-likeness (QED) is 0.841. The van der Waals surface area contributed by atoms with Crippen LogP contribution < -0.4 is 0 Å². The molecule has 0 amide bonds. The highest BCUT2D eigenvalue weighted by molar-refractivity contribution is 5.19. The third-order valence-electron chi connectivity index (χ3n) is 3.93. The first-order valence-electron chi connectivity index (χ1n) is 7.58. The predicted molar refractivity (Wildman–Crippen MR) is 85.1 cm³/mol. The molecule has 0 radical (unpaired) electrons. The second kappa shape index (κ2) is 7.75. The maximum atomic E-state index is 4.94. The lowest BCUT2D eigenvalue weighted by molar-refractivity contribution is 0.191. The van der Waals surface area contributed by atoms with Gasteiger partial charge in [-0.1, -0.05) is 19.9 Å². The summed E-state index contributed by atoms with van der Waals surface area (Å²) in [5.41, 5.74) is 2.30. The molecule has 1 aromatic rings. The predicted octanol–water partition coefficient (Wildman–Crippen LogP) is 3.80. The van der Waals surface area contributed by atoms with Gasteiger partial charge in [-0.2, -0.15) is 0 Å². The van der Waals surface area contributed by atoms with Gasteiger partial charge in [0.1, 0.15) is 0 Å². The average Bonchev–Trinajstić information content (AvgIpc) is 2.97. The summed E-state index contributed by atoms with van der Waals surface area (Å²) in [5.74, 6) is 0.489. The van der Waals surface area contributed by atoms with E-state index in [1.54, 1.807) is 0 Å². The molecule has 20 heavy (non-hydrogen) atoms. The molecule has 0 aliphatic carbocycles. The largest absolute Gasteiger partial charge is 0.381 e. The average molecular weight is 278 g/mol. The first-order valence-corrected chi connectivity index (χ1v) is 7.58. The van der Waals surface area contributed by atoms with Gasteiger partial charge in [-0.3, -0.25) is 9.88 Å². The Morgan fingerprint density at radius 2 is 1.75 bits per heavy atom. The minimum atomic E-state index is -0.00903. The van der Waals surface area contributed by atoms with E-state index in [1.807, 2.05) is 0 Å². The van der Waals surface area contributed by atoms with Crippen molar-refractivity contribution in [3.05, 3.63) is 29.6 Å². The lowest BCUT2D eigenvalue weighted by Crippen LogP contribution is -2.36. The fraction of sp³-hybridized carbons (Fsp3) is 0.706. The summed E-state index contributed by atoms with van der Waals surface area (Å²) >= 11 is 0. The Balaban J connectivity index is 0.000000333. The fourth-order valence-corrected chi connectivity index (χ4v) is 1.85. The Bertz CT molecular complexity index is 388. The Morgan fingerprint density at radius 3 is 2.15 bits per heavy atom. The smallest absolute Gasteiger partial charge is 0.0604 e. The van der Waals surface area contributed by atoms with Gasteiger partial charge in [-0.25, -0.2) is 0 Å². The number of hydrogen-bond donors (Lipinski definition) is 0. The zero-order valence-corrected chi connectivity index (χ0v) is 13.9. The standard InChI is InChI=1S/C13H22N2.C4H8O/c1-10(2)11-8-7-9-12(14-11)13(3,4)15(5)6;1-2-4-5-3-1/h7-10H,1-6H3;1-4H2. The molecule has 1 aromatic heterocycles. The van der Waals surface area contributed by atoms with E-state index in [0.717, 1.165) is 18.9 Å². The van der Waals surface area contributed by atoms with Crippen LogP contribution >= 0.6 is 0 Å². The fourth-order valence-electron chi connectivity index (χ4n) is 1.85. The van der Waals surface area contributed by atoms with Gasteiger partial charge in [-0.15, -0.1) is 0 Å². The first kappa shape index (κ1) is 17.1. The molecule has 1 fully saturated rings. The molecule has 0 bridgehead atoms. The maximum absolute atomic E-state index is 4.94. The maximum Gasteiger partial charge on any atom is 0.0604 e. The third kappa shape index (κ3) is 4.88. The van der Waals surface area contributed by atoms with E-state index >= 15 is 0 Å². The van der Waals surface area contributed by atoms with Gasteiger partial charge in [0.15, 0.2) is 0 Å². The zero-order chi connectivity index (χ0) is 15.2. The van der Waals surface area contributed by atoms with Gasteiger partial charge in [0, 0.05) is 18.9 Å². The molecule has 0 spiro atoms. The number of ether oxygens (including phenoxy) is 1. The summed E-state index contributed by atoms with van der Waals surface area (Å²) in [6.45, 7) is 10.7. The van der Waals surface area contributed by atoms with Gasteiger partial charge >= 0.3 is 0 Å². The topological polar surface area (TPSA) is 25.4 Å². The number of nitrogens with zero attached hydrogens (tertiary/aromatic N) is 2. The Kier molecular flexibility index (Phi) is 6.63. The summed E-state index contributed by atoms with van der Waals surface area (Å²) in [7, 11) is 4.17. The van der Waals surface area contributed by atoms with Crippen LogP contribution in [0.4, 0.5) is 0 Å². The molecule has 0 saturated carbocycles. The monoisotopic (exact) mass is 278 g/mol. The van der Waals surface area contributed by atoms with Gasteiger partial charge in [0.05, 0.1) is 11.2 Å². The molecule has 3 heteroatoms. The van der Waals surface area contributed by atoms with E-state index in [4.69, 9.17) is 9.72 Å². The first-order chi connectivity index (χ1) is 9.35. The lowest BCUT2D eigenvalue weighted by Gasteiger charge is -2.32. The minimum absolute atomic E-state index is 0.00903. The Labute approximate surface area is 124 Å². The van der Waals surface area contributed by atoms with Crippen LogP contribution in [-0.2, 0) is 10.3 Å². The molecule has 1 saturated heterocycles. The molecular formula is C17H30N2O. The van der Waals surface area contributed by atoms with Crippen molar-refractivity contribution in [3.63, 3.8) is 0 Å². The highest BCUT2D eigenvalue weighted by Gasteiger charge is 2.24. The number of hydrogen-bond acceptors (Lipinski definition) is 3. The van der Waals surface area contributed by atoms with E-state index < -0.39 is 0 Å². The molecule has 0 N–H and O–H groups in total. The van der Waals surface area contributed by atoms with Crippen molar-refractivity contribution in [2.75, 3.05) is 27.3 Å². The van der Waals surface area contributed by atoms with E-state index in [2.05, 4.69) is 64.9 Å². The van der Waals surface area contributed by atoms with Crippen LogP contribution in [0, 0.1) is 0 Å². The van der Waals surface area contributed by atoms with E-state index in [9.17, 15) is 0 Å². The zero-order valence-electron chi connectivity index (χ0n) is 13.9. The summed E-state index contributed by atoms with van der Waals surface area (Å²) < 4.78 is 4.94. The second-order valence-corrected chi connectivity index (χ2v) is 6.38. The normalized spacial score (nSPS) is 15.4. The van der Waals surface area contributed by atoms with Crippen molar-refractivity contribution in [2.45, 2.75) is 52.0 Å². The van der Waals surface area contributed by atoms with Crippen molar-refractivity contribution in [1.29, 1.82) is 0 Å². The van der Waals surface area contributed by atoms with E-state index in [0.29, 0.717) is 5.92 Å². The van der Waals surface area contributed by atoms with Crippen molar-refractivity contribution in [1.82, 2.24) is 9.88 Å². The summed E-state index contributed by atoms with van der Waals surface area (Å²) in [5, 5.41) is 0.